The van der Waals surface area contributed by atoms with Gasteiger partial charge in [0, 0.05) is 31.3 Å². The van der Waals surface area contributed by atoms with Crippen LogP contribution in [0.5, 0.6) is 0 Å². The lowest BCUT2D eigenvalue weighted by Gasteiger charge is -2.07. The molecule has 26 heavy (non-hydrogen) atoms. The molecular weight excluding hydrogens is 328 g/mol. The first-order chi connectivity index (χ1) is 12.7. The first kappa shape index (κ1) is 17.3. The van der Waals surface area contributed by atoms with E-state index in [1.165, 1.54) is 24.9 Å². The molecule has 130 valence electrons. The number of hydrogen-bond donors (Lipinski definition) is 2. The lowest BCUT2D eigenvalue weighted by molar-refractivity contribution is 0.0955. The first-order valence-electron chi connectivity index (χ1n) is 8.13. The molecule has 0 aliphatic rings. The van der Waals surface area contributed by atoms with Crippen LogP contribution in [0.15, 0.2) is 67.1 Å². The van der Waals surface area contributed by atoms with E-state index in [2.05, 4.69) is 20.6 Å². The zero-order valence-electron chi connectivity index (χ0n) is 14.3. The minimum absolute atomic E-state index is 0.268. The lowest BCUT2D eigenvalue weighted by Crippen LogP contribution is -2.20. The van der Waals surface area contributed by atoms with Gasteiger partial charge < -0.3 is 10.6 Å². The maximum atomic E-state index is 12.3. The third kappa shape index (κ3) is 4.30. The molecule has 2 amide bonds. The van der Waals surface area contributed by atoms with Gasteiger partial charge in [0.25, 0.3) is 11.8 Å². The molecule has 6 heteroatoms. The third-order valence-corrected chi connectivity index (χ3v) is 3.85. The average Bonchev–Trinajstić information content (AvgIpc) is 2.70. The molecule has 0 fully saturated rings. The Hall–Kier alpha value is -3.54. The van der Waals surface area contributed by atoms with Crippen LogP contribution in [-0.4, -0.2) is 28.8 Å². The molecular formula is C20H18N4O2. The Balaban J connectivity index is 1.63. The third-order valence-electron chi connectivity index (χ3n) is 3.85. The summed E-state index contributed by atoms with van der Waals surface area (Å²) in [5.41, 5.74) is 3.68. The van der Waals surface area contributed by atoms with E-state index in [-0.39, 0.29) is 17.5 Å². The Morgan fingerprint density at radius 2 is 1.58 bits per heavy atom. The fourth-order valence-corrected chi connectivity index (χ4v) is 2.44. The summed E-state index contributed by atoms with van der Waals surface area (Å²) in [7, 11) is 1.53. The van der Waals surface area contributed by atoms with Gasteiger partial charge in [0.2, 0.25) is 0 Å². The zero-order chi connectivity index (χ0) is 18.4. The van der Waals surface area contributed by atoms with Crippen molar-refractivity contribution in [3.8, 4) is 0 Å². The molecule has 0 radical (unpaired) electrons. The van der Waals surface area contributed by atoms with Crippen molar-refractivity contribution in [2.45, 2.75) is 6.42 Å². The quantitative estimate of drug-likeness (QED) is 0.744. The van der Waals surface area contributed by atoms with Gasteiger partial charge in [-0.2, -0.15) is 0 Å². The largest absolute Gasteiger partial charge is 0.354 e. The molecule has 1 aromatic carbocycles. The van der Waals surface area contributed by atoms with Crippen LogP contribution >= 0.6 is 0 Å². The summed E-state index contributed by atoms with van der Waals surface area (Å²) in [6, 6.07) is 14.7. The molecule has 0 atom stereocenters. The summed E-state index contributed by atoms with van der Waals surface area (Å²) in [4.78, 5) is 31.8. The Morgan fingerprint density at radius 3 is 2.19 bits per heavy atom. The number of amides is 2. The molecule has 2 N–H and O–H groups in total. The highest BCUT2D eigenvalue weighted by molar-refractivity contribution is 6.04. The van der Waals surface area contributed by atoms with Crippen LogP contribution in [0.25, 0.3) is 0 Å². The highest BCUT2D eigenvalue weighted by atomic mass is 16.2. The maximum absolute atomic E-state index is 12.3. The molecule has 2 heterocycles. The van der Waals surface area contributed by atoms with Crippen LogP contribution in [0.3, 0.4) is 0 Å². The van der Waals surface area contributed by atoms with Gasteiger partial charge in [0.15, 0.2) is 0 Å². The van der Waals surface area contributed by atoms with Crippen molar-refractivity contribution in [2.75, 3.05) is 12.4 Å². The van der Waals surface area contributed by atoms with Crippen molar-refractivity contribution in [3.63, 3.8) is 0 Å². The molecule has 3 rings (SSSR count). The van der Waals surface area contributed by atoms with E-state index in [9.17, 15) is 9.59 Å². The van der Waals surface area contributed by atoms with Crippen molar-refractivity contribution < 1.29 is 9.59 Å². The van der Waals surface area contributed by atoms with E-state index >= 15 is 0 Å². The standard InChI is InChI=1S/C20H18N4O2/c1-21-20(26)18-7-4-16(13-23-18)19(25)24-17-5-2-14(3-6-17)12-15-8-10-22-11-9-15/h2-11,13H,12H2,1H3,(H,21,26)(H,24,25). The van der Waals surface area contributed by atoms with E-state index in [0.717, 1.165) is 12.0 Å². The second-order valence-corrected chi connectivity index (χ2v) is 5.69. The van der Waals surface area contributed by atoms with Crippen LogP contribution in [0, 0.1) is 0 Å². The first-order valence-corrected chi connectivity index (χ1v) is 8.13. The molecule has 6 nitrogen and oxygen atoms in total. The number of carbonyl (C=O) groups is 2. The molecule has 0 unspecified atom stereocenters. The van der Waals surface area contributed by atoms with Gasteiger partial charge in [-0.15, -0.1) is 0 Å². The minimum Gasteiger partial charge on any atom is -0.354 e. The highest BCUT2D eigenvalue weighted by Gasteiger charge is 2.09. The summed E-state index contributed by atoms with van der Waals surface area (Å²) >= 11 is 0. The summed E-state index contributed by atoms with van der Waals surface area (Å²) in [5, 5.41) is 5.31. The van der Waals surface area contributed by atoms with Gasteiger partial charge in [0.05, 0.1) is 5.56 Å². The lowest BCUT2D eigenvalue weighted by atomic mass is 10.1. The smallest absolute Gasteiger partial charge is 0.269 e. The van der Waals surface area contributed by atoms with E-state index in [0.29, 0.717) is 11.3 Å². The monoisotopic (exact) mass is 346 g/mol. The van der Waals surface area contributed by atoms with Gasteiger partial charge >= 0.3 is 0 Å². The molecule has 0 aliphatic heterocycles. The fraction of sp³-hybridized carbons (Fsp3) is 0.100. The average molecular weight is 346 g/mol. The number of carbonyl (C=O) groups excluding carboxylic acids is 2. The molecule has 0 aliphatic carbocycles. The second kappa shape index (κ2) is 8.02. The Kier molecular flexibility index (Phi) is 5.34. The van der Waals surface area contributed by atoms with Crippen molar-refractivity contribution in [1.29, 1.82) is 0 Å². The summed E-state index contributed by atoms with van der Waals surface area (Å²) in [5.74, 6) is -0.565. The van der Waals surface area contributed by atoms with E-state index in [4.69, 9.17) is 0 Å². The zero-order valence-corrected chi connectivity index (χ0v) is 14.3. The summed E-state index contributed by atoms with van der Waals surface area (Å²) in [6.45, 7) is 0. The van der Waals surface area contributed by atoms with Crippen molar-refractivity contribution in [3.05, 3.63) is 89.5 Å². The number of hydrogen-bond acceptors (Lipinski definition) is 4. The molecule has 0 saturated heterocycles. The second-order valence-electron chi connectivity index (χ2n) is 5.69. The van der Waals surface area contributed by atoms with E-state index in [1.54, 1.807) is 18.5 Å². The fourth-order valence-electron chi connectivity index (χ4n) is 2.44. The summed E-state index contributed by atoms with van der Waals surface area (Å²) < 4.78 is 0. The number of anilines is 1. The maximum Gasteiger partial charge on any atom is 0.269 e. The van der Waals surface area contributed by atoms with E-state index < -0.39 is 0 Å². The topological polar surface area (TPSA) is 84.0 Å². The van der Waals surface area contributed by atoms with Gasteiger partial charge in [-0.05, 0) is 53.9 Å². The number of nitrogens with zero attached hydrogens (tertiary/aromatic N) is 2. The number of aromatic nitrogens is 2. The molecule has 3 aromatic rings. The van der Waals surface area contributed by atoms with Crippen LogP contribution in [-0.2, 0) is 6.42 Å². The Labute approximate surface area is 151 Å². The number of rotatable bonds is 5. The van der Waals surface area contributed by atoms with Crippen molar-refractivity contribution in [1.82, 2.24) is 15.3 Å². The molecule has 0 saturated carbocycles. The van der Waals surface area contributed by atoms with Crippen molar-refractivity contribution >= 4 is 17.5 Å². The molecule has 2 aromatic heterocycles. The Morgan fingerprint density at radius 1 is 0.885 bits per heavy atom. The van der Waals surface area contributed by atoms with Crippen LogP contribution in [0.1, 0.15) is 32.0 Å². The van der Waals surface area contributed by atoms with Gasteiger partial charge in [-0.3, -0.25) is 19.6 Å². The SMILES string of the molecule is CNC(=O)c1ccc(C(=O)Nc2ccc(Cc3ccncc3)cc2)cn1. The van der Waals surface area contributed by atoms with Gasteiger partial charge in [0.1, 0.15) is 5.69 Å². The number of pyridine rings is 2. The molecule has 0 bridgehead atoms. The van der Waals surface area contributed by atoms with Gasteiger partial charge in [-0.1, -0.05) is 12.1 Å². The molecule has 0 spiro atoms. The van der Waals surface area contributed by atoms with Crippen LogP contribution in [0.4, 0.5) is 5.69 Å². The van der Waals surface area contributed by atoms with Crippen LogP contribution in [0.2, 0.25) is 0 Å². The summed E-state index contributed by atoms with van der Waals surface area (Å²) in [6.07, 6.45) is 5.74. The number of nitrogens with one attached hydrogen (secondary N) is 2. The Bertz CT molecular complexity index is 891. The van der Waals surface area contributed by atoms with E-state index in [1.807, 2.05) is 36.4 Å². The van der Waals surface area contributed by atoms with Gasteiger partial charge in [-0.25, -0.2) is 0 Å². The highest BCUT2D eigenvalue weighted by Crippen LogP contribution is 2.14. The van der Waals surface area contributed by atoms with Crippen LogP contribution < -0.4 is 10.6 Å². The minimum atomic E-state index is -0.290. The number of benzene rings is 1. The van der Waals surface area contributed by atoms with Crippen molar-refractivity contribution in [2.24, 2.45) is 0 Å². The normalized spacial score (nSPS) is 10.2. The predicted molar refractivity (Wildman–Crippen MR) is 99.1 cm³/mol. The predicted octanol–water partition coefficient (Wildman–Crippen LogP) is 2.68.